The second kappa shape index (κ2) is 8.97. The van der Waals surface area contributed by atoms with E-state index in [9.17, 15) is 4.79 Å². The summed E-state index contributed by atoms with van der Waals surface area (Å²) in [7, 11) is 1.63. The highest BCUT2D eigenvalue weighted by Crippen LogP contribution is 2.15. The van der Waals surface area contributed by atoms with Crippen LogP contribution in [0.5, 0.6) is 0 Å². The molecule has 122 valence electrons. The number of likely N-dealkylation sites (tertiary alicyclic amines) is 1. The fourth-order valence-corrected chi connectivity index (χ4v) is 2.47. The van der Waals surface area contributed by atoms with Gasteiger partial charge in [0.1, 0.15) is 0 Å². The minimum Gasteiger partial charge on any atom is -0.370 e. The quantitative estimate of drug-likeness (QED) is 0.451. The lowest BCUT2D eigenvalue weighted by Gasteiger charge is -2.31. The van der Waals surface area contributed by atoms with E-state index in [1.165, 1.54) is 12.8 Å². The Bertz CT molecular complexity index is 525. The van der Waals surface area contributed by atoms with Crippen LogP contribution in [-0.2, 0) is 6.54 Å². The van der Waals surface area contributed by atoms with Crippen LogP contribution in [0.4, 0.5) is 0 Å². The molecule has 22 heavy (non-hydrogen) atoms. The van der Waals surface area contributed by atoms with E-state index in [2.05, 4.69) is 22.1 Å². The predicted molar refractivity (Wildman–Crippen MR) is 101 cm³/mol. The molecule has 6 heteroatoms. The monoisotopic (exact) mass is 416 g/mol. The Labute approximate surface area is 149 Å². The molecule has 1 fully saturated rings. The summed E-state index contributed by atoms with van der Waals surface area (Å²) >= 11 is 0. The van der Waals surface area contributed by atoms with Crippen molar-refractivity contribution in [2.75, 3.05) is 20.1 Å². The van der Waals surface area contributed by atoms with E-state index in [1.807, 2.05) is 18.2 Å². The van der Waals surface area contributed by atoms with Gasteiger partial charge in [-0.15, -0.1) is 24.0 Å². The highest BCUT2D eigenvalue weighted by atomic mass is 127. The zero-order valence-electron chi connectivity index (χ0n) is 13.2. The Balaban J connectivity index is 0.00000242. The number of benzene rings is 1. The molecular weight excluding hydrogens is 391 g/mol. The van der Waals surface area contributed by atoms with E-state index in [0.29, 0.717) is 18.1 Å². The number of carbonyl (C=O) groups excluding carboxylic acids is 1. The summed E-state index contributed by atoms with van der Waals surface area (Å²) in [4.78, 5) is 18.2. The van der Waals surface area contributed by atoms with Crippen molar-refractivity contribution in [3.63, 3.8) is 0 Å². The molecular formula is C16H25IN4O. The van der Waals surface area contributed by atoms with Gasteiger partial charge in [0.05, 0.1) is 6.54 Å². The fraction of sp³-hybridized carbons (Fsp3) is 0.500. The summed E-state index contributed by atoms with van der Waals surface area (Å²) in [6, 6.07) is 7.48. The minimum atomic E-state index is -0.0844. The topological polar surface area (TPSA) is 70.7 Å². The second-order valence-electron chi connectivity index (χ2n) is 5.62. The molecule has 1 aromatic rings. The highest BCUT2D eigenvalue weighted by molar-refractivity contribution is 14.0. The number of hydrogen-bond acceptors (Lipinski definition) is 2. The van der Waals surface area contributed by atoms with Crippen LogP contribution in [0.2, 0.25) is 0 Å². The van der Waals surface area contributed by atoms with Crippen LogP contribution in [0.25, 0.3) is 0 Å². The van der Waals surface area contributed by atoms with Crippen LogP contribution in [0.15, 0.2) is 29.3 Å². The first-order chi connectivity index (χ1) is 10.1. The van der Waals surface area contributed by atoms with Gasteiger partial charge in [-0.2, -0.15) is 0 Å². The Morgan fingerprint density at radius 1 is 1.41 bits per heavy atom. The van der Waals surface area contributed by atoms with Crippen LogP contribution >= 0.6 is 24.0 Å². The van der Waals surface area contributed by atoms with Crippen molar-refractivity contribution >= 4 is 35.8 Å². The van der Waals surface area contributed by atoms with E-state index < -0.39 is 0 Å². The number of piperidine rings is 1. The van der Waals surface area contributed by atoms with Crippen LogP contribution in [0.1, 0.15) is 35.7 Å². The van der Waals surface area contributed by atoms with Crippen molar-refractivity contribution in [1.29, 1.82) is 0 Å². The van der Waals surface area contributed by atoms with E-state index >= 15 is 0 Å². The number of carbonyl (C=O) groups is 1. The van der Waals surface area contributed by atoms with Gasteiger partial charge in [0, 0.05) is 25.7 Å². The molecule has 1 aromatic carbocycles. The molecule has 0 saturated carbocycles. The van der Waals surface area contributed by atoms with E-state index in [1.54, 1.807) is 13.1 Å². The third-order valence-electron chi connectivity index (χ3n) is 3.95. The first-order valence-electron chi connectivity index (χ1n) is 7.46. The summed E-state index contributed by atoms with van der Waals surface area (Å²) in [6.07, 6.45) is 2.34. The van der Waals surface area contributed by atoms with Crippen LogP contribution < -0.4 is 11.1 Å². The normalized spacial score (nSPS) is 16.1. The fourth-order valence-electron chi connectivity index (χ4n) is 2.47. The molecule has 5 nitrogen and oxygen atoms in total. The van der Waals surface area contributed by atoms with E-state index in [0.717, 1.165) is 24.6 Å². The number of aliphatic imine (C=N–C) groups is 1. The maximum Gasteiger partial charge on any atom is 0.251 e. The molecule has 0 unspecified atom stereocenters. The standard InChI is InChI=1S/C16H24N4O.HI/c1-12-6-8-20(9-7-12)16(17)19-11-13-4-3-5-14(10-13)15(21)18-2;/h3-5,10,12H,6-9,11H2,1-2H3,(H2,17,19)(H,18,21);1H. The van der Waals surface area contributed by atoms with Gasteiger partial charge in [0.2, 0.25) is 0 Å². The molecule has 1 aliphatic heterocycles. The SMILES string of the molecule is CNC(=O)c1cccc(CN=C(N)N2CCC(C)CC2)c1.I. The molecule has 1 saturated heterocycles. The Morgan fingerprint density at radius 2 is 2.09 bits per heavy atom. The zero-order valence-corrected chi connectivity index (χ0v) is 15.5. The highest BCUT2D eigenvalue weighted by Gasteiger charge is 2.16. The number of nitrogens with zero attached hydrogens (tertiary/aromatic N) is 2. The maximum atomic E-state index is 11.6. The van der Waals surface area contributed by atoms with Crippen molar-refractivity contribution in [1.82, 2.24) is 10.2 Å². The second-order valence-corrected chi connectivity index (χ2v) is 5.62. The van der Waals surface area contributed by atoms with Gasteiger partial charge in [-0.25, -0.2) is 4.99 Å². The van der Waals surface area contributed by atoms with Gasteiger partial charge >= 0.3 is 0 Å². The summed E-state index contributed by atoms with van der Waals surface area (Å²) in [5.74, 6) is 1.30. The summed E-state index contributed by atoms with van der Waals surface area (Å²) in [5, 5.41) is 2.62. The zero-order chi connectivity index (χ0) is 15.2. The third kappa shape index (κ3) is 5.15. The van der Waals surface area contributed by atoms with Crippen molar-refractivity contribution in [2.24, 2.45) is 16.6 Å². The van der Waals surface area contributed by atoms with Crippen molar-refractivity contribution in [3.05, 3.63) is 35.4 Å². The van der Waals surface area contributed by atoms with Gasteiger partial charge < -0.3 is 16.0 Å². The molecule has 1 heterocycles. The summed E-state index contributed by atoms with van der Waals surface area (Å²) in [5.41, 5.74) is 7.70. The van der Waals surface area contributed by atoms with Gasteiger partial charge in [0.15, 0.2) is 5.96 Å². The predicted octanol–water partition coefficient (Wildman–Crippen LogP) is 2.21. The Hall–Kier alpha value is -1.31. The number of hydrogen-bond donors (Lipinski definition) is 2. The van der Waals surface area contributed by atoms with Crippen LogP contribution in [0.3, 0.4) is 0 Å². The number of amides is 1. The third-order valence-corrected chi connectivity index (χ3v) is 3.95. The van der Waals surface area contributed by atoms with E-state index in [-0.39, 0.29) is 29.9 Å². The molecule has 0 bridgehead atoms. The summed E-state index contributed by atoms with van der Waals surface area (Å²) < 4.78 is 0. The number of rotatable bonds is 3. The summed E-state index contributed by atoms with van der Waals surface area (Å²) in [6.45, 7) is 4.74. The average Bonchev–Trinajstić information content (AvgIpc) is 2.52. The molecule has 0 aromatic heterocycles. The van der Waals surface area contributed by atoms with Gasteiger partial charge in [-0.05, 0) is 36.5 Å². The molecule has 1 amide bonds. The molecule has 0 atom stereocenters. The smallest absolute Gasteiger partial charge is 0.251 e. The first-order valence-corrected chi connectivity index (χ1v) is 7.46. The maximum absolute atomic E-state index is 11.6. The van der Waals surface area contributed by atoms with Gasteiger partial charge in [-0.3, -0.25) is 4.79 Å². The number of guanidine groups is 1. The van der Waals surface area contributed by atoms with E-state index in [4.69, 9.17) is 5.73 Å². The van der Waals surface area contributed by atoms with Crippen LogP contribution in [-0.4, -0.2) is 36.9 Å². The first kappa shape index (κ1) is 18.7. The van der Waals surface area contributed by atoms with Crippen molar-refractivity contribution < 1.29 is 4.79 Å². The lowest BCUT2D eigenvalue weighted by Crippen LogP contribution is -2.42. The molecule has 3 N–H and O–H groups in total. The molecule has 2 rings (SSSR count). The molecule has 0 radical (unpaired) electrons. The molecule has 0 spiro atoms. The number of halogens is 1. The minimum absolute atomic E-state index is 0. The lowest BCUT2D eigenvalue weighted by molar-refractivity contribution is 0.0963. The Morgan fingerprint density at radius 3 is 2.73 bits per heavy atom. The Kier molecular flexibility index (Phi) is 7.64. The molecule has 1 aliphatic rings. The van der Waals surface area contributed by atoms with Crippen molar-refractivity contribution in [3.8, 4) is 0 Å². The lowest BCUT2D eigenvalue weighted by atomic mass is 10.00. The average molecular weight is 416 g/mol. The van der Waals surface area contributed by atoms with Gasteiger partial charge in [0.25, 0.3) is 5.91 Å². The number of nitrogens with two attached hydrogens (primary N) is 1. The van der Waals surface area contributed by atoms with Crippen molar-refractivity contribution in [2.45, 2.75) is 26.3 Å². The molecule has 0 aliphatic carbocycles. The largest absolute Gasteiger partial charge is 0.370 e. The number of nitrogens with one attached hydrogen (secondary N) is 1. The van der Waals surface area contributed by atoms with Crippen LogP contribution in [0, 0.1) is 5.92 Å². The van der Waals surface area contributed by atoms with Gasteiger partial charge in [-0.1, -0.05) is 19.1 Å².